The standard InChI is InChI=1S/C11H13NO4S/c1-2-7-17-10(11(13)14)8-5-3-4-6-9(8)12(15)16/h3-6,10H,2,7H2,1H3,(H,13,14). The van der Waals surface area contributed by atoms with Gasteiger partial charge in [0.25, 0.3) is 5.69 Å². The Morgan fingerprint density at radius 2 is 2.18 bits per heavy atom. The molecule has 1 aromatic carbocycles. The monoisotopic (exact) mass is 255 g/mol. The van der Waals surface area contributed by atoms with Gasteiger partial charge in [-0.2, -0.15) is 0 Å². The number of para-hydroxylation sites is 1. The van der Waals surface area contributed by atoms with Gasteiger partial charge in [0.1, 0.15) is 5.25 Å². The molecule has 92 valence electrons. The van der Waals surface area contributed by atoms with Gasteiger partial charge in [0, 0.05) is 6.07 Å². The quantitative estimate of drug-likeness (QED) is 0.624. The van der Waals surface area contributed by atoms with Crippen LogP contribution in [0.3, 0.4) is 0 Å². The molecule has 0 bridgehead atoms. The maximum absolute atomic E-state index is 11.1. The van der Waals surface area contributed by atoms with E-state index in [1.165, 1.54) is 30.0 Å². The summed E-state index contributed by atoms with van der Waals surface area (Å²) in [6.07, 6.45) is 0.828. The lowest BCUT2D eigenvalue weighted by Gasteiger charge is -2.11. The molecule has 0 heterocycles. The smallest absolute Gasteiger partial charge is 0.321 e. The Morgan fingerprint density at radius 1 is 1.53 bits per heavy atom. The molecule has 0 spiro atoms. The van der Waals surface area contributed by atoms with E-state index in [2.05, 4.69) is 0 Å². The average molecular weight is 255 g/mol. The Kier molecular flexibility index (Phi) is 4.96. The second-order valence-electron chi connectivity index (χ2n) is 3.40. The van der Waals surface area contributed by atoms with E-state index in [9.17, 15) is 14.9 Å². The Labute approximate surface area is 103 Å². The number of hydrogen-bond acceptors (Lipinski definition) is 4. The summed E-state index contributed by atoms with van der Waals surface area (Å²) in [5, 5.41) is 19.1. The van der Waals surface area contributed by atoms with Crippen LogP contribution in [-0.2, 0) is 4.79 Å². The van der Waals surface area contributed by atoms with Crippen molar-refractivity contribution in [2.24, 2.45) is 0 Å². The highest BCUT2D eigenvalue weighted by atomic mass is 32.2. The summed E-state index contributed by atoms with van der Waals surface area (Å²) >= 11 is 1.21. The summed E-state index contributed by atoms with van der Waals surface area (Å²) < 4.78 is 0. The lowest BCUT2D eigenvalue weighted by atomic mass is 10.1. The van der Waals surface area contributed by atoms with Crippen LogP contribution in [0.1, 0.15) is 24.2 Å². The molecule has 6 heteroatoms. The summed E-state index contributed by atoms with van der Waals surface area (Å²) in [6, 6.07) is 5.98. The van der Waals surface area contributed by atoms with Crippen molar-refractivity contribution in [3.05, 3.63) is 39.9 Å². The highest BCUT2D eigenvalue weighted by Crippen LogP contribution is 2.35. The van der Waals surface area contributed by atoms with Crippen LogP contribution in [0, 0.1) is 10.1 Å². The summed E-state index contributed by atoms with van der Waals surface area (Å²) in [5.74, 6) is -0.388. The molecule has 1 rings (SSSR count). The van der Waals surface area contributed by atoms with Crippen molar-refractivity contribution in [1.29, 1.82) is 0 Å². The Bertz CT molecular complexity index is 422. The van der Waals surface area contributed by atoms with Crippen molar-refractivity contribution < 1.29 is 14.8 Å². The first-order chi connectivity index (χ1) is 8.07. The van der Waals surface area contributed by atoms with E-state index in [-0.39, 0.29) is 11.3 Å². The van der Waals surface area contributed by atoms with E-state index in [0.717, 1.165) is 6.42 Å². The van der Waals surface area contributed by atoms with Crippen molar-refractivity contribution in [1.82, 2.24) is 0 Å². The maximum atomic E-state index is 11.1. The van der Waals surface area contributed by atoms with E-state index in [4.69, 9.17) is 5.11 Å². The van der Waals surface area contributed by atoms with Gasteiger partial charge in [-0.15, -0.1) is 11.8 Å². The number of nitro benzene ring substituents is 1. The molecule has 0 fully saturated rings. The van der Waals surface area contributed by atoms with E-state index in [1.807, 2.05) is 6.92 Å². The number of rotatable bonds is 6. The van der Waals surface area contributed by atoms with Gasteiger partial charge in [0.2, 0.25) is 0 Å². The second-order valence-corrected chi connectivity index (χ2v) is 4.62. The number of hydrogen-bond donors (Lipinski definition) is 1. The van der Waals surface area contributed by atoms with Gasteiger partial charge in [0.15, 0.2) is 0 Å². The SMILES string of the molecule is CCCSC(C(=O)O)c1ccccc1[N+](=O)[O-]. The van der Waals surface area contributed by atoms with E-state index >= 15 is 0 Å². The predicted octanol–water partition coefficient (Wildman–Crippen LogP) is 2.86. The summed E-state index contributed by atoms with van der Waals surface area (Å²) in [5.41, 5.74) is 0.118. The van der Waals surface area contributed by atoms with Crippen molar-refractivity contribution in [3.63, 3.8) is 0 Å². The molecule has 0 saturated heterocycles. The molecule has 0 aliphatic rings. The van der Waals surface area contributed by atoms with E-state index < -0.39 is 16.1 Å². The number of nitro groups is 1. The summed E-state index contributed by atoms with van der Waals surface area (Å²) in [4.78, 5) is 21.4. The highest BCUT2D eigenvalue weighted by molar-refractivity contribution is 8.00. The first-order valence-corrected chi connectivity index (χ1v) is 6.20. The van der Waals surface area contributed by atoms with E-state index in [0.29, 0.717) is 5.75 Å². The molecular formula is C11H13NO4S. The molecule has 0 aliphatic heterocycles. The highest BCUT2D eigenvalue weighted by Gasteiger charge is 2.27. The largest absolute Gasteiger partial charge is 0.480 e. The molecule has 5 nitrogen and oxygen atoms in total. The molecule has 1 aromatic rings. The predicted molar refractivity (Wildman–Crippen MR) is 66.2 cm³/mol. The molecule has 0 saturated carbocycles. The number of thioether (sulfide) groups is 1. The van der Waals surface area contributed by atoms with E-state index in [1.54, 1.807) is 6.07 Å². The van der Waals surface area contributed by atoms with Crippen molar-refractivity contribution in [3.8, 4) is 0 Å². The van der Waals surface area contributed by atoms with Crippen molar-refractivity contribution in [2.45, 2.75) is 18.6 Å². The van der Waals surface area contributed by atoms with Gasteiger partial charge in [-0.3, -0.25) is 14.9 Å². The first-order valence-electron chi connectivity index (χ1n) is 5.15. The molecule has 1 N–H and O–H groups in total. The van der Waals surface area contributed by atoms with Gasteiger partial charge in [0.05, 0.1) is 10.5 Å². The maximum Gasteiger partial charge on any atom is 0.321 e. The number of carboxylic acid groups (broad SMARTS) is 1. The Morgan fingerprint density at radius 3 is 2.71 bits per heavy atom. The second kappa shape index (κ2) is 6.24. The normalized spacial score (nSPS) is 12.1. The van der Waals surface area contributed by atoms with Crippen LogP contribution in [0.25, 0.3) is 0 Å². The van der Waals surface area contributed by atoms with Crippen molar-refractivity contribution in [2.75, 3.05) is 5.75 Å². The van der Waals surface area contributed by atoms with Crippen LogP contribution in [0.2, 0.25) is 0 Å². The van der Waals surface area contributed by atoms with Gasteiger partial charge < -0.3 is 5.11 Å². The van der Waals surface area contributed by atoms with Crippen molar-refractivity contribution >= 4 is 23.4 Å². The molecule has 0 amide bonds. The number of aliphatic carboxylic acids is 1. The topological polar surface area (TPSA) is 80.4 Å². The zero-order chi connectivity index (χ0) is 12.8. The van der Waals surface area contributed by atoms with Gasteiger partial charge in [-0.05, 0) is 12.2 Å². The number of carbonyl (C=O) groups is 1. The van der Waals surface area contributed by atoms with Gasteiger partial charge >= 0.3 is 5.97 Å². The lowest BCUT2D eigenvalue weighted by Crippen LogP contribution is -2.10. The van der Waals surface area contributed by atoms with Gasteiger partial charge in [-0.25, -0.2) is 0 Å². The molecule has 0 aromatic heterocycles. The molecular weight excluding hydrogens is 242 g/mol. The summed E-state index contributed by atoms with van der Waals surface area (Å²) in [6.45, 7) is 1.94. The van der Waals surface area contributed by atoms with Crippen LogP contribution < -0.4 is 0 Å². The zero-order valence-electron chi connectivity index (χ0n) is 9.33. The minimum Gasteiger partial charge on any atom is -0.480 e. The zero-order valence-corrected chi connectivity index (χ0v) is 10.1. The fourth-order valence-corrected chi connectivity index (χ4v) is 2.40. The molecule has 0 aliphatic carbocycles. The third-order valence-corrected chi connectivity index (χ3v) is 3.56. The van der Waals surface area contributed by atoms with Crippen LogP contribution in [0.5, 0.6) is 0 Å². The Balaban J connectivity index is 3.09. The number of benzene rings is 1. The third kappa shape index (κ3) is 3.45. The summed E-state index contributed by atoms with van der Waals surface area (Å²) in [7, 11) is 0. The van der Waals surface area contributed by atoms with Crippen LogP contribution in [0.4, 0.5) is 5.69 Å². The van der Waals surface area contributed by atoms with Crippen LogP contribution >= 0.6 is 11.8 Å². The number of carboxylic acids is 1. The Hall–Kier alpha value is -1.56. The third-order valence-electron chi connectivity index (χ3n) is 2.13. The average Bonchev–Trinajstić information content (AvgIpc) is 2.29. The van der Waals surface area contributed by atoms with Crippen LogP contribution in [-0.4, -0.2) is 21.8 Å². The molecule has 1 atom stereocenters. The fourth-order valence-electron chi connectivity index (χ4n) is 1.41. The first kappa shape index (κ1) is 13.5. The number of nitrogens with zero attached hydrogens (tertiary/aromatic N) is 1. The lowest BCUT2D eigenvalue weighted by molar-refractivity contribution is -0.385. The fraction of sp³-hybridized carbons (Fsp3) is 0.364. The molecule has 17 heavy (non-hydrogen) atoms. The minimum atomic E-state index is -1.04. The minimum absolute atomic E-state index is 0.136. The molecule has 0 radical (unpaired) electrons. The van der Waals surface area contributed by atoms with Gasteiger partial charge in [-0.1, -0.05) is 25.1 Å². The van der Waals surface area contributed by atoms with Crippen LogP contribution in [0.15, 0.2) is 24.3 Å². The molecule has 1 unspecified atom stereocenters.